The molecular formula is C34H18Cl2. The van der Waals surface area contributed by atoms with E-state index in [2.05, 4.69) is 97.1 Å². The minimum Gasteiger partial charge on any atom is -0.113 e. The lowest BCUT2D eigenvalue weighted by molar-refractivity contribution is 1.15. The van der Waals surface area contributed by atoms with Crippen molar-refractivity contribution < 1.29 is 0 Å². The molecule has 0 spiro atoms. The summed E-state index contributed by atoms with van der Waals surface area (Å²) >= 11 is 14.2. The quantitative estimate of drug-likeness (QED) is 0.111. The van der Waals surface area contributed by atoms with Crippen LogP contribution in [0.15, 0.2) is 97.1 Å². The van der Waals surface area contributed by atoms with Crippen molar-refractivity contribution in [2.45, 2.75) is 10.8 Å². The molecule has 7 aromatic carbocycles. The van der Waals surface area contributed by atoms with Gasteiger partial charge in [-0.3, -0.25) is 0 Å². The van der Waals surface area contributed by atoms with Gasteiger partial charge in [0.2, 0.25) is 0 Å². The third-order valence-electron chi connectivity index (χ3n) is 8.56. The zero-order valence-electron chi connectivity index (χ0n) is 19.1. The predicted octanol–water partition coefficient (Wildman–Crippen LogP) is 10.4. The summed E-state index contributed by atoms with van der Waals surface area (Å²) in [7, 11) is 0. The Morgan fingerprint density at radius 3 is 1.17 bits per heavy atom. The Morgan fingerprint density at radius 1 is 0.333 bits per heavy atom. The van der Waals surface area contributed by atoms with Gasteiger partial charge in [-0.1, -0.05) is 97.1 Å². The van der Waals surface area contributed by atoms with Crippen molar-refractivity contribution >= 4 is 66.3 Å². The lowest BCUT2D eigenvalue weighted by Crippen LogP contribution is -2.06. The van der Waals surface area contributed by atoms with Gasteiger partial charge in [0.25, 0.3) is 0 Å². The SMILES string of the molecule is ClC1c2ccccc2-c2ccc3c4ccc5c6c(ccc(c7ccc1c2c37)c64)-c1ccccc1C5Cl. The number of fused-ring (bicyclic) bond motifs is 6. The molecule has 2 atom stereocenters. The Kier molecular flexibility index (Phi) is 3.59. The molecule has 2 aliphatic carbocycles. The summed E-state index contributed by atoms with van der Waals surface area (Å²) in [4.78, 5) is 0. The summed E-state index contributed by atoms with van der Waals surface area (Å²) in [6, 6.07) is 35.4. The summed E-state index contributed by atoms with van der Waals surface area (Å²) in [5, 5.41) is 10.1. The first-order chi connectivity index (χ1) is 17.7. The molecule has 9 rings (SSSR count). The fraction of sp³-hybridized carbons (Fsp3) is 0.0588. The molecule has 0 aromatic heterocycles. The van der Waals surface area contributed by atoms with Crippen LogP contribution < -0.4 is 0 Å². The van der Waals surface area contributed by atoms with Crippen molar-refractivity contribution in [1.29, 1.82) is 0 Å². The van der Waals surface area contributed by atoms with Gasteiger partial charge >= 0.3 is 0 Å². The molecular weight excluding hydrogens is 479 g/mol. The highest BCUT2D eigenvalue weighted by Crippen LogP contribution is 2.54. The second kappa shape index (κ2) is 6.59. The largest absolute Gasteiger partial charge is 0.113 e. The maximum Gasteiger partial charge on any atom is 0.0847 e. The van der Waals surface area contributed by atoms with Gasteiger partial charge < -0.3 is 0 Å². The molecule has 0 nitrogen and oxygen atoms in total. The summed E-state index contributed by atoms with van der Waals surface area (Å²) in [6.45, 7) is 0. The van der Waals surface area contributed by atoms with E-state index in [1.54, 1.807) is 0 Å². The van der Waals surface area contributed by atoms with E-state index in [0.29, 0.717) is 0 Å². The lowest BCUT2D eigenvalue weighted by atomic mass is 9.77. The number of rotatable bonds is 0. The van der Waals surface area contributed by atoms with Gasteiger partial charge in [0.1, 0.15) is 0 Å². The summed E-state index contributed by atoms with van der Waals surface area (Å²) < 4.78 is 0. The minimum absolute atomic E-state index is 0.150. The number of benzene rings is 7. The van der Waals surface area contributed by atoms with Crippen molar-refractivity contribution in [3.63, 3.8) is 0 Å². The van der Waals surface area contributed by atoms with Gasteiger partial charge in [-0.2, -0.15) is 0 Å². The average Bonchev–Trinajstić information content (AvgIpc) is 2.94. The van der Waals surface area contributed by atoms with E-state index in [0.717, 1.165) is 0 Å². The topological polar surface area (TPSA) is 0 Å². The highest BCUT2D eigenvalue weighted by Gasteiger charge is 2.30. The average molecular weight is 497 g/mol. The Morgan fingerprint density at radius 2 is 0.722 bits per heavy atom. The lowest BCUT2D eigenvalue weighted by Gasteiger charge is -2.29. The van der Waals surface area contributed by atoms with Gasteiger partial charge in [-0.25, -0.2) is 0 Å². The van der Waals surface area contributed by atoms with Crippen LogP contribution in [0.1, 0.15) is 33.0 Å². The Hall–Kier alpha value is -3.58. The van der Waals surface area contributed by atoms with Gasteiger partial charge in [-0.15, -0.1) is 23.2 Å². The minimum atomic E-state index is -0.150. The van der Waals surface area contributed by atoms with Crippen LogP contribution in [0.4, 0.5) is 0 Å². The first-order valence-electron chi connectivity index (χ1n) is 12.4. The monoisotopic (exact) mass is 496 g/mol. The molecule has 0 saturated carbocycles. The maximum absolute atomic E-state index is 7.11. The first kappa shape index (κ1) is 19.6. The van der Waals surface area contributed by atoms with E-state index >= 15 is 0 Å². The van der Waals surface area contributed by atoms with Gasteiger partial charge in [0, 0.05) is 0 Å². The molecule has 0 amide bonds. The van der Waals surface area contributed by atoms with Crippen LogP contribution in [0.25, 0.3) is 65.3 Å². The van der Waals surface area contributed by atoms with Crippen LogP contribution >= 0.6 is 23.2 Å². The van der Waals surface area contributed by atoms with Crippen molar-refractivity contribution in [2.24, 2.45) is 0 Å². The second-order valence-electron chi connectivity index (χ2n) is 10.1. The molecule has 168 valence electrons. The van der Waals surface area contributed by atoms with Crippen molar-refractivity contribution in [2.75, 3.05) is 0 Å². The summed E-state index contributed by atoms with van der Waals surface area (Å²) in [5.74, 6) is 0. The molecule has 0 fully saturated rings. The van der Waals surface area contributed by atoms with Gasteiger partial charge in [0.15, 0.2) is 0 Å². The van der Waals surface area contributed by atoms with Crippen LogP contribution in [0.5, 0.6) is 0 Å². The highest BCUT2D eigenvalue weighted by atomic mass is 35.5. The smallest absolute Gasteiger partial charge is 0.0847 e. The number of alkyl halides is 2. The van der Waals surface area contributed by atoms with E-state index in [1.807, 2.05) is 0 Å². The van der Waals surface area contributed by atoms with E-state index in [1.165, 1.54) is 87.6 Å². The number of hydrogen-bond donors (Lipinski definition) is 0. The molecule has 0 N–H and O–H groups in total. The van der Waals surface area contributed by atoms with E-state index in [9.17, 15) is 0 Å². The van der Waals surface area contributed by atoms with Crippen molar-refractivity contribution in [3.8, 4) is 22.3 Å². The molecule has 2 aliphatic rings. The molecule has 0 saturated heterocycles. The third-order valence-corrected chi connectivity index (χ3v) is 9.50. The van der Waals surface area contributed by atoms with Crippen LogP contribution in [0.3, 0.4) is 0 Å². The van der Waals surface area contributed by atoms with Crippen LogP contribution in [0.2, 0.25) is 0 Å². The van der Waals surface area contributed by atoms with Crippen LogP contribution in [-0.2, 0) is 0 Å². The molecule has 0 aliphatic heterocycles. The molecule has 0 radical (unpaired) electrons. The molecule has 36 heavy (non-hydrogen) atoms. The fourth-order valence-corrected chi connectivity index (χ4v) is 7.82. The second-order valence-corrected chi connectivity index (χ2v) is 11.0. The molecule has 7 aromatic rings. The number of hydrogen-bond acceptors (Lipinski definition) is 0. The molecule has 0 bridgehead atoms. The maximum atomic E-state index is 7.11. The predicted molar refractivity (Wildman–Crippen MR) is 154 cm³/mol. The summed E-state index contributed by atoms with van der Waals surface area (Å²) in [5.41, 5.74) is 9.83. The van der Waals surface area contributed by atoms with Crippen LogP contribution in [-0.4, -0.2) is 0 Å². The van der Waals surface area contributed by atoms with Gasteiger partial charge in [0.05, 0.1) is 10.8 Å². The third kappa shape index (κ3) is 2.16. The summed E-state index contributed by atoms with van der Waals surface area (Å²) in [6.07, 6.45) is 0. The Bertz CT molecular complexity index is 1910. The van der Waals surface area contributed by atoms with Gasteiger partial charge in [-0.05, 0) is 87.6 Å². The zero-order valence-corrected chi connectivity index (χ0v) is 20.7. The zero-order chi connectivity index (χ0) is 23.7. The Balaban J connectivity index is 1.51. The Labute approximate surface area is 218 Å². The fourth-order valence-electron chi connectivity index (χ4n) is 7.07. The normalized spacial score (nSPS) is 17.7. The first-order valence-corrected chi connectivity index (χ1v) is 13.3. The van der Waals surface area contributed by atoms with E-state index < -0.39 is 0 Å². The number of halogens is 2. The molecule has 2 heteroatoms. The molecule has 0 heterocycles. The van der Waals surface area contributed by atoms with E-state index in [-0.39, 0.29) is 10.8 Å². The highest BCUT2D eigenvalue weighted by molar-refractivity contribution is 6.38. The van der Waals surface area contributed by atoms with Crippen LogP contribution in [0, 0.1) is 0 Å². The standard InChI is InChI=1S/C34H18Cl2/c35-33-25-7-3-1-5-17(25)19-9-11-21-24-14-16-28-32-20(18-6-2-4-8-26(18)34(28)36)10-12-22(30(24)32)23-13-15-27(33)31(19)29(21)23/h1-16,33-34H. The van der Waals surface area contributed by atoms with E-state index in [4.69, 9.17) is 23.2 Å². The van der Waals surface area contributed by atoms with Crippen molar-refractivity contribution in [1.82, 2.24) is 0 Å². The molecule has 2 unspecified atom stereocenters. The van der Waals surface area contributed by atoms with Crippen molar-refractivity contribution in [3.05, 3.63) is 119 Å².